The molecule has 0 saturated heterocycles. The maximum atomic E-state index is 5.45. The Labute approximate surface area is 374 Å². The molecule has 0 unspecified atom stereocenters. The number of rotatable bonds is 4. The van der Waals surface area contributed by atoms with Crippen LogP contribution in [0.3, 0.4) is 0 Å². The molecule has 0 aliphatic carbocycles. The first kappa shape index (κ1) is 35.0. The first-order valence-corrected chi connectivity index (χ1v) is 22.8. The van der Waals surface area contributed by atoms with Crippen molar-refractivity contribution in [3.05, 3.63) is 206 Å². The van der Waals surface area contributed by atoms with E-state index in [4.69, 9.17) is 9.97 Å². The van der Waals surface area contributed by atoms with Crippen LogP contribution in [0.25, 0.3) is 131 Å². The highest BCUT2D eigenvalue weighted by molar-refractivity contribution is 7.25. The topological polar surface area (TPSA) is 45.5 Å². The Bertz CT molecular complexity index is 4470. The number of thiophene rings is 1. The van der Waals surface area contributed by atoms with E-state index in [-0.39, 0.29) is 0 Å². The number of fused-ring (bicyclic) bond motifs is 15. The third-order valence-electron chi connectivity index (χ3n) is 13.6. The Morgan fingerprint density at radius 1 is 0.308 bits per heavy atom. The number of para-hydroxylation sites is 6. The Hall–Kier alpha value is -8.52. The van der Waals surface area contributed by atoms with Crippen LogP contribution < -0.4 is 0 Å². The van der Waals surface area contributed by atoms with E-state index in [2.05, 4.69) is 218 Å². The summed E-state index contributed by atoms with van der Waals surface area (Å²) in [4.78, 5) is 11.6. The average Bonchev–Trinajstić information content (AvgIpc) is 4.15. The average molecular weight is 847 g/mol. The van der Waals surface area contributed by atoms with Crippen LogP contribution in [0.5, 0.6) is 0 Å². The van der Waals surface area contributed by atoms with Gasteiger partial charge in [-0.3, -0.25) is 4.57 Å². The first-order chi connectivity index (χ1) is 32.2. The van der Waals surface area contributed by atoms with E-state index in [0.29, 0.717) is 0 Å². The zero-order valence-electron chi connectivity index (χ0n) is 34.7. The summed E-state index contributed by atoms with van der Waals surface area (Å²) in [6.07, 6.45) is 1.96. The van der Waals surface area contributed by atoms with Gasteiger partial charge in [-0.05, 0) is 91.0 Å². The molecule has 15 rings (SSSR count). The molecule has 0 saturated carbocycles. The Morgan fingerprint density at radius 3 is 1.22 bits per heavy atom. The second kappa shape index (κ2) is 13.0. The van der Waals surface area contributed by atoms with Crippen molar-refractivity contribution >= 4 is 119 Å². The maximum absolute atomic E-state index is 5.45. The lowest BCUT2D eigenvalue weighted by Gasteiger charge is -2.10. The van der Waals surface area contributed by atoms with Crippen LogP contribution in [-0.4, -0.2) is 28.2 Å². The Morgan fingerprint density at radius 2 is 0.723 bits per heavy atom. The van der Waals surface area contributed by atoms with Crippen LogP contribution in [-0.2, 0) is 0 Å². The molecule has 0 amide bonds. The molecular formula is C58H34N6S. The van der Waals surface area contributed by atoms with Crippen molar-refractivity contribution in [2.45, 2.75) is 0 Å². The van der Waals surface area contributed by atoms with Gasteiger partial charge in [-0.25, -0.2) is 9.97 Å². The van der Waals surface area contributed by atoms with Gasteiger partial charge in [-0.1, -0.05) is 109 Å². The number of hydrogen-bond acceptors (Lipinski definition) is 3. The highest BCUT2D eigenvalue weighted by atomic mass is 32.1. The second-order valence-electron chi connectivity index (χ2n) is 17.0. The largest absolute Gasteiger partial charge is 0.309 e. The van der Waals surface area contributed by atoms with Crippen molar-refractivity contribution in [1.29, 1.82) is 0 Å². The maximum Gasteiger partial charge on any atom is 0.157 e. The Kier molecular flexibility index (Phi) is 7.01. The van der Waals surface area contributed by atoms with Gasteiger partial charge < -0.3 is 13.7 Å². The van der Waals surface area contributed by atoms with Crippen molar-refractivity contribution < 1.29 is 0 Å². The summed E-state index contributed by atoms with van der Waals surface area (Å²) in [6, 6.07) is 72.6. The predicted molar refractivity (Wildman–Crippen MR) is 272 cm³/mol. The minimum atomic E-state index is 0.803. The third-order valence-corrected chi connectivity index (χ3v) is 14.7. The molecule has 0 N–H and O–H groups in total. The summed E-state index contributed by atoms with van der Waals surface area (Å²) in [5.41, 5.74) is 13.6. The van der Waals surface area contributed by atoms with Crippen molar-refractivity contribution in [3.63, 3.8) is 0 Å². The highest BCUT2D eigenvalue weighted by Crippen LogP contribution is 2.43. The van der Waals surface area contributed by atoms with Gasteiger partial charge in [-0.15, -0.1) is 11.3 Å². The molecule has 9 aromatic carbocycles. The normalized spacial score (nSPS) is 12.3. The summed E-state index contributed by atoms with van der Waals surface area (Å²) < 4.78 is 10.7. The number of nitrogens with zero attached hydrogens (tertiary/aromatic N) is 6. The van der Waals surface area contributed by atoms with Crippen molar-refractivity contribution in [2.75, 3.05) is 0 Å². The quantitative estimate of drug-likeness (QED) is 0.177. The van der Waals surface area contributed by atoms with E-state index in [0.717, 1.165) is 65.4 Å². The molecule has 0 bridgehead atoms. The van der Waals surface area contributed by atoms with E-state index >= 15 is 0 Å². The van der Waals surface area contributed by atoms with E-state index in [9.17, 15) is 0 Å². The fraction of sp³-hybridized carbons (Fsp3) is 0. The zero-order valence-corrected chi connectivity index (χ0v) is 35.5. The molecular weight excluding hydrogens is 813 g/mol. The fourth-order valence-electron chi connectivity index (χ4n) is 10.9. The monoisotopic (exact) mass is 846 g/mol. The van der Waals surface area contributed by atoms with Crippen molar-refractivity contribution in [3.8, 4) is 22.9 Å². The lowest BCUT2D eigenvalue weighted by Crippen LogP contribution is -1.99. The number of benzene rings is 9. The van der Waals surface area contributed by atoms with Crippen LogP contribution >= 0.6 is 11.3 Å². The van der Waals surface area contributed by atoms with E-state index < -0.39 is 0 Å². The second-order valence-corrected chi connectivity index (χ2v) is 18.0. The minimum absolute atomic E-state index is 0.803. The van der Waals surface area contributed by atoms with E-state index in [1.807, 2.05) is 6.20 Å². The molecule has 6 aromatic heterocycles. The SMILES string of the molecule is c1ccc(-n2c3ccccc3c3cc4c5ccccc5n(-c5ccc6sc7nc(-n8c9ccccc9c9cc%10c%11ccccc%11n(-c%11ccccc%11)c%10cc98)cnc7c6c5)c4cc32)cc1. The molecule has 0 radical (unpaired) electrons. The molecule has 0 spiro atoms. The lowest BCUT2D eigenvalue weighted by molar-refractivity contribution is 1.08. The lowest BCUT2D eigenvalue weighted by atomic mass is 10.1. The van der Waals surface area contributed by atoms with Gasteiger partial charge in [0.15, 0.2) is 5.82 Å². The van der Waals surface area contributed by atoms with Gasteiger partial charge in [0, 0.05) is 70.2 Å². The summed E-state index contributed by atoms with van der Waals surface area (Å²) in [5.74, 6) is 0.803. The van der Waals surface area contributed by atoms with Gasteiger partial charge in [0.2, 0.25) is 0 Å². The summed E-state index contributed by atoms with van der Waals surface area (Å²) in [6.45, 7) is 0. The predicted octanol–water partition coefficient (Wildman–Crippen LogP) is 15.2. The van der Waals surface area contributed by atoms with Gasteiger partial charge in [-0.2, -0.15) is 0 Å². The van der Waals surface area contributed by atoms with Crippen molar-refractivity contribution in [1.82, 2.24) is 28.2 Å². The molecule has 7 heteroatoms. The third kappa shape index (κ3) is 4.82. The van der Waals surface area contributed by atoms with E-state index in [1.165, 1.54) is 65.2 Å². The standard InChI is InChI=1S/C58H34N6S/c1-3-15-35(16-4-1)61-47-23-11-7-19-38(47)42-30-44-40-21-9-13-25-49(40)63(53(44)32-51(42)61)37-27-28-55-46(29-37)57-58(65-55)60-56(34-59-57)64-50-26-14-10-22-41(50)45-31-43-39-20-8-12-24-48(39)62(52(43)33-54(45)64)36-17-5-2-6-18-36/h1-34H. The Balaban J connectivity index is 0.938. The number of aromatic nitrogens is 6. The van der Waals surface area contributed by atoms with E-state index in [1.54, 1.807) is 11.3 Å². The molecule has 0 fully saturated rings. The number of hydrogen-bond donors (Lipinski definition) is 0. The molecule has 0 atom stereocenters. The molecule has 6 heterocycles. The molecule has 15 aromatic rings. The molecule has 0 aliphatic heterocycles. The van der Waals surface area contributed by atoms with Gasteiger partial charge >= 0.3 is 0 Å². The smallest absolute Gasteiger partial charge is 0.157 e. The van der Waals surface area contributed by atoms with Crippen LogP contribution in [0, 0.1) is 0 Å². The van der Waals surface area contributed by atoms with Gasteiger partial charge in [0.25, 0.3) is 0 Å². The summed E-state index contributed by atoms with van der Waals surface area (Å²) >= 11 is 1.70. The summed E-state index contributed by atoms with van der Waals surface area (Å²) in [5, 5.41) is 10.9. The molecule has 6 nitrogen and oxygen atoms in total. The van der Waals surface area contributed by atoms with Gasteiger partial charge in [0.1, 0.15) is 10.3 Å². The first-order valence-electron chi connectivity index (χ1n) is 22.0. The molecule has 302 valence electrons. The summed E-state index contributed by atoms with van der Waals surface area (Å²) in [7, 11) is 0. The zero-order chi connectivity index (χ0) is 42.3. The van der Waals surface area contributed by atoms with Crippen LogP contribution in [0.4, 0.5) is 0 Å². The van der Waals surface area contributed by atoms with Crippen LogP contribution in [0.15, 0.2) is 206 Å². The van der Waals surface area contributed by atoms with Crippen LogP contribution in [0.1, 0.15) is 0 Å². The minimum Gasteiger partial charge on any atom is -0.309 e. The van der Waals surface area contributed by atoms with Gasteiger partial charge in [0.05, 0.1) is 50.3 Å². The van der Waals surface area contributed by atoms with Crippen molar-refractivity contribution in [2.24, 2.45) is 0 Å². The highest BCUT2D eigenvalue weighted by Gasteiger charge is 2.22. The fourth-order valence-corrected chi connectivity index (χ4v) is 11.9. The molecule has 0 aliphatic rings. The van der Waals surface area contributed by atoms with Crippen LogP contribution in [0.2, 0.25) is 0 Å². The molecule has 65 heavy (non-hydrogen) atoms.